The molecule has 2 heterocycles. The number of ether oxygens (including phenoxy) is 1. The summed E-state index contributed by atoms with van der Waals surface area (Å²) in [6.45, 7) is 2.16. The number of rotatable bonds is 6. The molecule has 2 unspecified atom stereocenters. The minimum absolute atomic E-state index is 0.0137. The van der Waals surface area contributed by atoms with Gasteiger partial charge in [-0.3, -0.25) is 9.59 Å². The number of hydrogen-bond donors (Lipinski definition) is 1. The van der Waals surface area contributed by atoms with Gasteiger partial charge in [0.2, 0.25) is 11.8 Å². The molecular formula is C18H23FN2O3. The largest absolute Gasteiger partial charge is 0.376 e. The van der Waals surface area contributed by atoms with Crippen LogP contribution in [0.3, 0.4) is 0 Å². The Bertz CT molecular complexity index is 602. The zero-order chi connectivity index (χ0) is 16.9. The van der Waals surface area contributed by atoms with Crippen LogP contribution in [0.4, 0.5) is 4.39 Å². The average Bonchev–Trinajstić information content (AvgIpc) is 3.20. The van der Waals surface area contributed by atoms with Crippen LogP contribution >= 0.6 is 0 Å². The zero-order valence-corrected chi connectivity index (χ0v) is 13.7. The van der Waals surface area contributed by atoms with Crippen molar-refractivity contribution in [2.24, 2.45) is 5.92 Å². The van der Waals surface area contributed by atoms with Crippen molar-refractivity contribution >= 4 is 11.8 Å². The van der Waals surface area contributed by atoms with Gasteiger partial charge in [-0.05, 0) is 30.9 Å². The minimum atomic E-state index is -0.320. The highest BCUT2D eigenvalue weighted by Gasteiger charge is 2.35. The first-order valence-corrected chi connectivity index (χ1v) is 8.54. The SMILES string of the molecule is O=C(NCCc1ccccc1F)C1CC(=O)N(CC2CCCO2)C1. The Morgan fingerprint density at radius 1 is 1.38 bits per heavy atom. The van der Waals surface area contributed by atoms with E-state index in [1.54, 1.807) is 23.1 Å². The van der Waals surface area contributed by atoms with E-state index >= 15 is 0 Å². The lowest BCUT2D eigenvalue weighted by Crippen LogP contribution is -2.36. The molecule has 130 valence electrons. The summed E-state index contributed by atoms with van der Waals surface area (Å²) < 4.78 is 19.1. The van der Waals surface area contributed by atoms with Gasteiger partial charge in [-0.15, -0.1) is 0 Å². The van der Waals surface area contributed by atoms with Crippen molar-refractivity contribution in [2.45, 2.75) is 31.8 Å². The summed E-state index contributed by atoms with van der Waals surface area (Å²) in [6, 6.07) is 6.54. The van der Waals surface area contributed by atoms with E-state index in [1.807, 2.05) is 0 Å². The van der Waals surface area contributed by atoms with E-state index in [0.29, 0.717) is 31.6 Å². The second kappa shape index (κ2) is 7.75. The van der Waals surface area contributed by atoms with Crippen molar-refractivity contribution in [3.8, 4) is 0 Å². The van der Waals surface area contributed by atoms with Gasteiger partial charge in [0.05, 0.1) is 12.0 Å². The molecule has 5 nitrogen and oxygen atoms in total. The second-order valence-corrected chi connectivity index (χ2v) is 6.47. The predicted molar refractivity (Wildman–Crippen MR) is 86.8 cm³/mol. The Balaban J connectivity index is 1.44. The van der Waals surface area contributed by atoms with Gasteiger partial charge in [-0.1, -0.05) is 18.2 Å². The van der Waals surface area contributed by atoms with Crippen molar-refractivity contribution in [3.05, 3.63) is 35.6 Å². The molecule has 1 aromatic carbocycles. The summed E-state index contributed by atoms with van der Waals surface area (Å²) in [6.07, 6.45) is 2.81. The number of halogens is 1. The summed E-state index contributed by atoms with van der Waals surface area (Å²) in [5.74, 6) is -0.695. The van der Waals surface area contributed by atoms with Crippen LogP contribution in [0.25, 0.3) is 0 Å². The number of likely N-dealkylation sites (tertiary alicyclic amines) is 1. The van der Waals surface area contributed by atoms with Crippen LogP contribution in [0, 0.1) is 11.7 Å². The zero-order valence-electron chi connectivity index (χ0n) is 13.7. The van der Waals surface area contributed by atoms with E-state index in [0.717, 1.165) is 19.4 Å². The fourth-order valence-electron chi connectivity index (χ4n) is 3.32. The summed E-state index contributed by atoms with van der Waals surface area (Å²) in [7, 11) is 0. The van der Waals surface area contributed by atoms with Crippen LogP contribution in [-0.2, 0) is 20.7 Å². The molecule has 0 bridgehead atoms. The fraction of sp³-hybridized carbons (Fsp3) is 0.556. The highest BCUT2D eigenvalue weighted by atomic mass is 19.1. The van der Waals surface area contributed by atoms with Gasteiger partial charge in [-0.25, -0.2) is 4.39 Å². The number of nitrogens with one attached hydrogen (secondary N) is 1. The van der Waals surface area contributed by atoms with Gasteiger partial charge in [-0.2, -0.15) is 0 Å². The van der Waals surface area contributed by atoms with E-state index in [-0.39, 0.29) is 36.1 Å². The molecule has 0 spiro atoms. The van der Waals surface area contributed by atoms with Crippen molar-refractivity contribution in [1.29, 1.82) is 0 Å². The molecule has 0 aliphatic carbocycles. The second-order valence-electron chi connectivity index (χ2n) is 6.47. The predicted octanol–water partition coefficient (Wildman–Crippen LogP) is 1.51. The molecule has 24 heavy (non-hydrogen) atoms. The van der Waals surface area contributed by atoms with Gasteiger partial charge < -0.3 is 15.0 Å². The minimum Gasteiger partial charge on any atom is -0.376 e. The average molecular weight is 334 g/mol. The van der Waals surface area contributed by atoms with Crippen LogP contribution in [0.5, 0.6) is 0 Å². The van der Waals surface area contributed by atoms with Crippen molar-refractivity contribution in [1.82, 2.24) is 10.2 Å². The number of amides is 2. The Morgan fingerprint density at radius 3 is 2.96 bits per heavy atom. The van der Waals surface area contributed by atoms with Crippen LogP contribution in [0.15, 0.2) is 24.3 Å². The molecule has 0 radical (unpaired) electrons. The summed E-state index contributed by atoms with van der Waals surface area (Å²) >= 11 is 0. The molecule has 2 aliphatic rings. The first-order chi connectivity index (χ1) is 11.6. The first-order valence-electron chi connectivity index (χ1n) is 8.54. The van der Waals surface area contributed by atoms with Gasteiger partial charge in [0.1, 0.15) is 5.82 Å². The van der Waals surface area contributed by atoms with E-state index in [9.17, 15) is 14.0 Å². The molecule has 6 heteroatoms. The molecular weight excluding hydrogens is 311 g/mol. The normalized spacial score (nSPS) is 23.7. The van der Waals surface area contributed by atoms with E-state index in [1.165, 1.54) is 6.07 Å². The maximum absolute atomic E-state index is 13.5. The fourth-order valence-corrected chi connectivity index (χ4v) is 3.32. The van der Waals surface area contributed by atoms with Gasteiger partial charge in [0.25, 0.3) is 0 Å². The van der Waals surface area contributed by atoms with Gasteiger partial charge in [0, 0.05) is 32.7 Å². The molecule has 2 atom stereocenters. The lowest BCUT2D eigenvalue weighted by atomic mass is 10.1. The molecule has 1 N–H and O–H groups in total. The van der Waals surface area contributed by atoms with Gasteiger partial charge in [0.15, 0.2) is 0 Å². The topological polar surface area (TPSA) is 58.6 Å². The van der Waals surface area contributed by atoms with Crippen LogP contribution < -0.4 is 5.32 Å². The first kappa shape index (κ1) is 16.9. The molecule has 2 fully saturated rings. The molecule has 2 amide bonds. The van der Waals surface area contributed by atoms with Crippen molar-refractivity contribution < 1.29 is 18.7 Å². The number of carbonyl (C=O) groups is 2. The number of nitrogens with zero attached hydrogens (tertiary/aromatic N) is 1. The maximum atomic E-state index is 13.5. The van der Waals surface area contributed by atoms with Crippen molar-refractivity contribution in [2.75, 3.05) is 26.2 Å². The lowest BCUT2D eigenvalue weighted by Gasteiger charge is -2.20. The third kappa shape index (κ3) is 4.12. The Hall–Kier alpha value is -1.95. The Morgan fingerprint density at radius 2 is 2.21 bits per heavy atom. The lowest BCUT2D eigenvalue weighted by molar-refractivity contribution is -0.129. The maximum Gasteiger partial charge on any atom is 0.225 e. The van der Waals surface area contributed by atoms with Crippen LogP contribution in [0.2, 0.25) is 0 Å². The molecule has 0 saturated carbocycles. The Kier molecular flexibility index (Phi) is 5.45. The highest BCUT2D eigenvalue weighted by molar-refractivity contribution is 5.89. The smallest absolute Gasteiger partial charge is 0.225 e. The van der Waals surface area contributed by atoms with E-state index in [4.69, 9.17) is 4.74 Å². The molecule has 0 aromatic heterocycles. The molecule has 2 saturated heterocycles. The Labute approximate surface area is 141 Å². The molecule has 1 aromatic rings. The van der Waals surface area contributed by atoms with Gasteiger partial charge >= 0.3 is 0 Å². The number of carbonyl (C=O) groups excluding carboxylic acids is 2. The number of benzene rings is 1. The number of hydrogen-bond acceptors (Lipinski definition) is 3. The third-order valence-electron chi connectivity index (χ3n) is 4.68. The quantitative estimate of drug-likeness (QED) is 0.858. The summed E-state index contributed by atoms with van der Waals surface area (Å²) in [5.41, 5.74) is 0.584. The standard InChI is InChI=1S/C18H23FN2O3/c19-16-6-2-1-4-13(16)7-8-20-18(23)14-10-17(22)21(11-14)12-15-5-3-9-24-15/h1-2,4,6,14-15H,3,5,7-12H2,(H,20,23). The third-order valence-corrected chi connectivity index (χ3v) is 4.68. The molecule has 2 aliphatic heterocycles. The highest BCUT2D eigenvalue weighted by Crippen LogP contribution is 2.21. The van der Waals surface area contributed by atoms with E-state index < -0.39 is 0 Å². The summed E-state index contributed by atoms with van der Waals surface area (Å²) in [5, 5.41) is 2.82. The van der Waals surface area contributed by atoms with Crippen LogP contribution in [-0.4, -0.2) is 49.1 Å². The van der Waals surface area contributed by atoms with E-state index in [2.05, 4.69) is 5.32 Å². The van der Waals surface area contributed by atoms with Crippen LogP contribution in [0.1, 0.15) is 24.8 Å². The van der Waals surface area contributed by atoms with Crippen molar-refractivity contribution in [3.63, 3.8) is 0 Å². The summed E-state index contributed by atoms with van der Waals surface area (Å²) in [4.78, 5) is 26.0. The molecule has 3 rings (SSSR count). The monoisotopic (exact) mass is 334 g/mol.